The van der Waals surface area contributed by atoms with Crippen molar-refractivity contribution in [2.75, 3.05) is 44.4 Å². The average molecular weight is 221 g/mol. The largest absolute Gasteiger partial charge is 0.384 e. The second-order valence-electron chi connectivity index (χ2n) is 4.60. The van der Waals surface area contributed by atoms with Gasteiger partial charge in [0.2, 0.25) is 0 Å². The highest BCUT2D eigenvalue weighted by molar-refractivity contribution is 5.45. The molecule has 0 spiro atoms. The smallest absolute Gasteiger partial charge is 0.133 e. The molecule has 1 aromatic heterocycles. The van der Waals surface area contributed by atoms with Crippen LogP contribution in [0.5, 0.6) is 0 Å². The van der Waals surface area contributed by atoms with Crippen molar-refractivity contribution >= 4 is 11.6 Å². The topological polar surface area (TPSA) is 58.3 Å². The van der Waals surface area contributed by atoms with Crippen molar-refractivity contribution in [3.8, 4) is 0 Å². The number of rotatable bonds is 3. The third-order valence-corrected chi connectivity index (χ3v) is 3.09. The number of aromatic nitrogens is 2. The van der Waals surface area contributed by atoms with Crippen LogP contribution in [0.15, 0.2) is 12.4 Å². The molecule has 1 aliphatic heterocycles. The summed E-state index contributed by atoms with van der Waals surface area (Å²) < 4.78 is 0. The molecule has 0 amide bonds. The zero-order valence-electron chi connectivity index (χ0n) is 9.93. The molecule has 2 rings (SSSR count). The molecule has 1 fully saturated rings. The molecule has 16 heavy (non-hydrogen) atoms. The summed E-state index contributed by atoms with van der Waals surface area (Å²) >= 11 is 0. The lowest BCUT2D eigenvalue weighted by Gasteiger charge is -2.22. The second-order valence-corrected chi connectivity index (χ2v) is 4.60. The lowest BCUT2D eigenvalue weighted by Crippen LogP contribution is -2.27. The molecule has 1 saturated heterocycles. The Bertz CT molecular complexity index is 354. The molecule has 0 aromatic carbocycles. The fourth-order valence-electron chi connectivity index (χ4n) is 2.23. The predicted molar refractivity (Wildman–Crippen MR) is 65.3 cm³/mol. The monoisotopic (exact) mass is 221 g/mol. The molecule has 2 N–H and O–H groups in total. The maximum absolute atomic E-state index is 5.64. The van der Waals surface area contributed by atoms with Gasteiger partial charge in [-0.15, -0.1) is 0 Å². The van der Waals surface area contributed by atoms with Crippen LogP contribution in [0.1, 0.15) is 6.42 Å². The molecule has 1 aromatic rings. The van der Waals surface area contributed by atoms with E-state index in [-0.39, 0.29) is 0 Å². The van der Waals surface area contributed by atoms with Crippen LogP contribution in [-0.2, 0) is 0 Å². The van der Waals surface area contributed by atoms with Gasteiger partial charge in [-0.3, -0.25) is 0 Å². The summed E-state index contributed by atoms with van der Waals surface area (Å²) in [4.78, 5) is 12.6. The Hall–Kier alpha value is -1.36. The summed E-state index contributed by atoms with van der Waals surface area (Å²) in [6.07, 6.45) is 2.78. The summed E-state index contributed by atoms with van der Waals surface area (Å²) in [5.41, 5.74) is 5.64. The quantitative estimate of drug-likeness (QED) is 0.803. The second kappa shape index (κ2) is 4.65. The van der Waals surface area contributed by atoms with E-state index in [1.807, 2.05) is 6.07 Å². The number of hydrogen-bond acceptors (Lipinski definition) is 5. The maximum Gasteiger partial charge on any atom is 0.133 e. The van der Waals surface area contributed by atoms with Crippen molar-refractivity contribution in [3.05, 3.63) is 12.4 Å². The SMILES string of the molecule is CN1CCC(CN(C)c2cc(N)ncn2)C1. The molecule has 0 aliphatic carbocycles. The minimum absolute atomic E-state index is 0.528. The van der Waals surface area contributed by atoms with Gasteiger partial charge in [0.1, 0.15) is 18.0 Å². The fourth-order valence-corrected chi connectivity index (χ4v) is 2.23. The Morgan fingerprint density at radius 2 is 2.38 bits per heavy atom. The minimum Gasteiger partial charge on any atom is -0.384 e. The normalized spacial score (nSPS) is 21.2. The molecular formula is C11H19N5. The molecule has 88 valence electrons. The van der Waals surface area contributed by atoms with E-state index in [0.717, 1.165) is 18.3 Å². The van der Waals surface area contributed by atoms with Crippen molar-refractivity contribution in [2.24, 2.45) is 5.92 Å². The van der Waals surface area contributed by atoms with Gasteiger partial charge in [0.15, 0.2) is 0 Å². The van der Waals surface area contributed by atoms with Crippen LogP contribution in [0.2, 0.25) is 0 Å². The zero-order chi connectivity index (χ0) is 11.5. The number of anilines is 2. The molecule has 1 unspecified atom stereocenters. The van der Waals surface area contributed by atoms with E-state index in [1.54, 1.807) is 0 Å². The molecule has 0 bridgehead atoms. The van der Waals surface area contributed by atoms with Crippen LogP contribution < -0.4 is 10.6 Å². The highest BCUT2D eigenvalue weighted by Gasteiger charge is 2.21. The van der Waals surface area contributed by atoms with Crippen molar-refractivity contribution in [2.45, 2.75) is 6.42 Å². The van der Waals surface area contributed by atoms with E-state index >= 15 is 0 Å². The number of hydrogen-bond donors (Lipinski definition) is 1. The summed E-state index contributed by atoms with van der Waals surface area (Å²) in [6, 6.07) is 1.82. The van der Waals surface area contributed by atoms with E-state index in [1.165, 1.54) is 25.8 Å². The van der Waals surface area contributed by atoms with Gasteiger partial charge in [0, 0.05) is 26.2 Å². The van der Waals surface area contributed by atoms with Gasteiger partial charge in [-0.2, -0.15) is 0 Å². The lowest BCUT2D eigenvalue weighted by molar-refractivity contribution is 0.395. The van der Waals surface area contributed by atoms with Gasteiger partial charge in [0.05, 0.1) is 0 Å². The van der Waals surface area contributed by atoms with Gasteiger partial charge in [0.25, 0.3) is 0 Å². The number of nitrogen functional groups attached to an aromatic ring is 1. The van der Waals surface area contributed by atoms with E-state index in [4.69, 9.17) is 5.73 Å². The molecule has 0 radical (unpaired) electrons. The third-order valence-electron chi connectivity index (χ3n) is 3.09. The molecule has 0 saturated carbocycles. The highest BCUT2D eigenvalue weighted by atomic mass is 15.2. The molecule has 5 nitrogen and oxygen atoms in total. The lowest BCUT2D eigenvalue weighted by atomic mass is 10.1. The minimum atomic E-state index is 0.528. The van der Waals surface area contributed by atoms with E-state index < -0.39 is 0 Å². The molecule has 5 heteroatoms. The Kier molecular flexibility index (Phi) is 3.24. The fraction of sp³-hybridized carbons (Fsp3) is 0.636. The summed E-state index contributed by atoms with van der Waals surface area (Å²) in [5, 5.41) is 0. The summed E-state index contributed by atoms with van der Waals surface area (Å²) in [6.45, 7) is 3.40. The standard InChI is InChI=1S/C11H19N5/c1-15-4-3-9(6-15)7-16(2)11-5-10(12)13-8-14-11/h5,8-9H,3-4,6-7H2,1-2H3,(H2,12,13,14). The first-order valence-electron chi connectivity index (χ1n) is 5.62. The summed E-state index contributed by atoms with van der Waals surface area (Å²) in [5.74, 6) is 2.16. The molecule has 2 heterocycles. The third kappa shape index (κ3) is 2.61. The van der Waals surface area contributed by atoms with Crippen molar-refractivity contribution < 1.29 is 0 Å². The Morgan fingerprint density at radius 1 is 1.56 bits per heavy atom. The van der Waals surface area contributed by atoms with E-state index in [9.17, 15) is 0 Å². The van der Waals surface area contributed by atoms with Gasteiger partial charge in [-0.05, 0) is 25.9 Å². The van der Waals surface area contributed by atoms with Gasteiger partial charge in [-0.25, -0.2) is 9.97 Å². The van der Waals surface area contributed by atoms with Crippen molar-refractivity contribution in [3.63, 3.8) is 0 Å². The number of likely N-dealkylation sites (tertiary alicyclic amines) is 1. The van der Waals surface area contributed by atoms with Crippen molar-refractivity contribution in [1.29, 1.82) is 0 Å². The van der Waals surface area contributed by atoms with Gasteiger partial charge >= 0.3 is 0 Å². The maximum atomic E-state index is 5.64. The van der Waals surface area contributed by atoms with Gasteiger partial charge in [-0.1, -0.05) is 0 Å². The van der Waals surface area contributed by atoms with Gasteiger partial charge < -0.3 is 15.5 Å². The first-order valence-corrected chi connectivity index (χ1v) is 5.62. The Balaban J connectivity index is 1.95. The van der Waals surface area contributed by atoms with Crippen LogP contribution in [-0.4, -0.2) is 48.6 Å². The van der Waals surface area contributed by atoms with Crippen LogP contribution in [0, 0.1) is 5.92 Å². The van der Waals surface area contributed by atoms with Crippen LogP contribution in [0.4, 0.5) is 11.6 Å². The molecular weight excluding hydrogens is 202 g/mol. The van der Waals surface area contributed by atoms with E-state index in [0.29, 0.717) is 5.82 Å². The first-order chi connectivity index (χ1) is 7.65. The Labute approximate surface area is 96.3 Å². The number of nitrogens with two attached hydrogens (primary N) is 1. The molecule has 1 atom stereocenters. The number of nitrogens with zero attached hydrogens (tertiary/aromatic N) is 4. The van der Waals surface area contributed by atoms with Crippen LogP contribution in [0.25, 0.3) is 0 Å². The van der Waals surface area contributed by atoms with Crippen LogP contribution in [0.3, 0.4) is 0 Å². The van der Waals surface area contributed by atoms with Crippen molar-refractivity contribution in [1.82, 2.24) is 14.9 Å². The highest BCUT2D eigenvalue weighted by Crippen LogP contribution is 2.18. The summed E-state index contributed by atoms with van der Waals surface area (Å²) in [7, 11) is 4.22. The average Bonchev–Trinajstić information content (AvgIpc) is 2.64. The van der Waals surface area contributed by atoms with E-state index in [2.05, 4.69) is 33.9 Å². The first kappa shape index (κ1) is 11.1. The molecule has 1 aliphatic rings. The Morgan fingerprint density at radius 3 is 3.00 bits per heavy atom. The zero-order valence-corrected chi connectivity index (χ0v) is 9.93. The predicted octanol–water partition coefficient (Wildman–Crippen LogP) is 0.447. The van der Waals surface area contributed by atoms with Crippen LogP contribution >= 0.6 is 0 Å².